The Hall–Kier alpha value is -0.140. The van der Waals surface area contributed by atoms with Crippen LogP contribution in [0.1, 0.15) is 6.92 Å². The Bertz CT molecular complexity index is 260. The van der Waals surface area contributed by atoms with Crippen LogP contribution < -0.4 is 0 Å². The molecule has 1 fully saturated rings. The first kappa shape index (κ1) is 10.4. The smallest absolute Gasteiger partial charge is 0.134 e. The fourth-order valence-electron chi connectivity index (χ4n) is 1.71. The van der Waals surface area contributed by atoms with Crippen LogP contribution in [-0.4, -0.2) is 56.8 Å². The van der Waals surface area contributed by atoms with E-state index in [1.807, 2.05) is 6.92 Å². The van der Waals surface area contributed by atoms with Gasteiger partial charge in [0.15, 0.2) is 0 Å². The highest BCUT2D eigenvalue weighted by atomic mass is 32.2. The van der Waals surface area contributed by atoms with Crippen LogP contribution in [0.3, 0.4) is 0 Å². The average Bonchev–Trinajstić information content (AvgIpc) is 2.52. The lowest BCUT2D eigenvalue weighted by Gasteiger charge is -2.37. The van der Waals surface area contributed by atoms with Gasteiger partial charge in [-0.1, -0.05) is 11.8 Å². The van der Waals surface area contributed by atoms with Crippen molar-refractivity contribution in [3.8, 4) is 0 Å². The molecule has 0 amide bonds. The molecular weight excluding hydrogens is 206 g/mol. The maximum absolute atomic E-state index is 9.71. The summed E-state index contributed by atoms with van der Waals surface area (Å²) in [5.74, 6) is 0. The molecule has 0 bridgehead atoms. The van der Waals surface area contributed by atoms with Gasteiger partial charge in [0.1, 0.15) is 29.8 Å². The standard InChI is InChI=1S/C8H13NO4S/c1-3-9-5-7(12)6(11)4(2-10)13-8(5)14-3/h4-8,10-12H,2H2,1H3/t4-,5+,6+,7+,8-/m0/s1. The number of hydrogen-bond acceptors (Lipinski definition) is 6. The molecule has 0 aromatic rings. The van der Waals surface area contributed by atoms with Gasteiger partial charge in [0, 0.05) is 0 Å². The van der Waals surface area contributed by atoms with E-state index in [2.05, 4.69) is 4.99 Å². The van der Waals surface area contributed by atoms with Crippen LogP contribution in [-0.2, 0) is 4.74 Å². The Morgan fingerprint density at radius 3 is 2.79 bits per heavy atom. The van der Waals surface area contributed by atoms with Crippen molar-refractivity contribution in [1.29, 1.82) is 0 Å². The first-order valence-corrected chi connectivity index (χ1v) is 5.35. The first-order valence-electron chi connectivity index (χ1n) is 4.47. The lowest BCUT2D eigenvalue weighted by molar-refractivity contribution is -0.164. The van der Waals surface area contributed by atoms with E-state index in [4.69, 9.17) is 9.84 Å². The summed E-state index contributed by atoms with van der Waals surface area (Å²) in [7, 11) is 0. The monoisotopic (exact) mass is 219 g/mol. The molecule has 6 heteroatoms. The minimum Gasteiger partial charge on any atom is -0.394 e. The third-order valence-electron chi connectivity index (χ3n) is 2.47. The molecular formula is C8H13NO4S. The van der Waals surface area contributed by atoms with E-state index in [0.29, 0.717) is 0 Å². The minimum atomic E-state index is -1.06. The van der Waals surface area contributed by atoms with Crippen molar-refractivity contribution in [2.24, 2.45) is 4.99 Å². The molecule has 0 unspecified atom stereocenters. The van der Waals surface area contributed by atoms with E-state index in [9.17, 15) is 10.2 Å². The number of aliphatic hydroxyl groups excluding tert-OH is 3. The van der Waals surface area contributed by atoms with Gasteiger partial charge in [-0.15, -0.1) is 0 Å². The largest absolute Gasteiger partial charge is 0.394 e. The molecule has 3 N–H and O–H groups in total. The number of nitrogens with zero attached hydrogens (tertiary/aromatic N) is 1. The van der Waals surface area contributed by atoms with E-state index >= 15 is 0 Å². The van der Waals surface area contributed by atoms with Gasteiger partial charge in [-0.25, -0.2) is 0 Å². The normalized spacial score (nSPS) is 47.4. The fourth-order valence-corrected chi connectivity index (χ4v) is 2.79. The maximum atomic E-state index is 9.71. The maximum Gasteiger partial charge on any atom is 0.134 e. The lowest BCUT2D eigenvalue weighted by atomic mass is 9.99. The highest BCUT2D eigenvalue weighted by molar-refractivity contribution is 8.14. The van der Waals surface area contributed by atoms with Crippen LogP contribution >= 0.6 is 11.8 Å². The Balaban J connectivity index is 2.14. The fraction of sp³-hybridized carbons (Fsp3) is 0.875. The topological polar surface area (TPSA) is 82.3 Å². The predicted molar refractivity (Wildman–Crippen MR) is 52.2 cm³/mol. The van der Waals surface area contributed by atoms with Gasteiger partial charge in [-0.05, 0) is 6.92 Å². The average molecular weight is 219 g/mol. The molecule has 0 radical (unpaired) electrons. The molecule has 0 saturated carbocycles. The second-order valence-electron chi connectivity index (χ2n) is 3.46. The lowest BCUT2D eigenvalue weighted by Crippen LogP contribution is -2.55. The summed E-state index contributed by atoms with van der Waals surface area (Å²) in [6, 6.07) is -0.405. The summed E-state index contributed by atoms with van der Waals surface area (Å²) < 4.78 is 5.40. The Morgan fingerprint density at radius 2 is 2.14 bits per heavy atom. The van der Waals surface area contributed by atoms with Crippen LogP contribution in [0.15, 0.2) is 4.99 Å². The van der Waals surface area contributed by atoms with Gasteiger partial charge in [-0.3, -0.25) is 4.99 Å². The van der Waals surface area contributed by atoms with Crippen molar-refractivity contribution >= 4 is 16.8 Å². The number of ether oxygens (including phenoxy) is 1. The number of hydrogen-bond donors (Lipinski definition) is 3. The molecule has 5 nitrogen and oxygen atoms in total. The minimum absolute atomic E-state index is 0.273. The molecule has 1 saturated heterocycles. The molecule has 2 rings (SSSR count). The van der Waals surface area contributed by atoms with Crippen LogP contribution in [0, 0.1) is 0 Å². The Morgan fingerprint density at radius 1 is 1.43 bits per heavy atom. The van der Waals surface area contributed by atoms with Crippen LogP contribution in [0.5, 0.6) is 0 Å². The summed E-state index contributed by atoms with van der Waals surface area (Å²) in [6.07, 6.45) is -2.72. The van der Waals surface area contributed by atoms with Gasteiger partial charge >= 0.3 is 0 Å². The van der Waals surface area contributed by atoms with E-state index in [1.54, 1.807) is 0 Å². The van der Waals surface area contributed by atoms with Crippen molar-refractivity contribution in [3.63, 3.8) is 0 Å². The second-order valence-corrected chi connectivity index (χ2v) is 4.75. The number of thioether (sulfide) groups is 1. The highest BCUT2D eigenvalue weighted by Gasteiger charge is 2.47. The molecule has 80 valence electrons. The van der Waals surface area contributed by atoms with E-state index in [-0.39, 0.29) is 12.0 Å². The van der Waals surface area contributed by atoms with Crippen molar-refractivity contribution in [3.05, 3.63) is 0 Å². The Kier molecular flexibility index (Phi) is 2.81. The quantitative estimate of drug-likeness (QED) is 0.525. The Labute approximate surface area is 85.8 Å². The number of rotatable bonds is 1. The van der Waals surface area contributed by atoms with Gasteiger partial charge in [0.05, 0.1) is 11.7 Å². The van der Waals surface area contributed by atoms with Crippen LogP contribution in [0.25, 0.3) is 0 Å². The van der Waals surface area contributed by atoms with Gasteiger partial charge in [0.2, 0.25) is 0 Å². The molecule has 2 heterocycles. The molecule has 14 heavy (non-hydrogen) atoms. The molecule has 2 aliphatic rings. The molecule has 2 aliphatic heterocycles. The summed E-state index contributed by atoms with van der Waals surface area (Å²) in [4.78, 5) is 4.17. The number of fused-ring (bicyclic) bond motifs is 1. The first-order chi connectivity index (χ1) is 6.63. The van der Waals surface area contributed by atoms with Crippen molar-refractivity contribution in [1.82, 2.24) is 0 Å². The van der Waals surface area contributed by atoms with Gasteiger partial charge in [-0.2, -0.15) is 0 Å². The summed E-state index contributed by atoms with van der Waals surface area (Å²) in [5, 5.41) is 29.0. The third-order valence-corrected chi connectivity index (χ3v) is 3.53. The highest BCUT2D eigenvalue weighted by Crippen LogP contribution is 2.36. The van der Waals surface area contributed by atoms with E-state index in [1.165, 1.54) is 11.8 Å². The number of aliphatic imine (C=N–C) groups is 1. The number of aliphatic hydroxyl groups is 3. The molecule has 0 aliphatic carbocycles. The summed E-state index contributed by atoms with van der Waals surface area (Å²) in [5.41, 5.74) is -0.273. The summed E-state index contributed by atoms with van der Waals surface area (Å²) >= 11 is 1.42. The van der Waals surface area contributed by atoms with E-state index in [0.717, 1.165) is 5.04 Å². The van der Waals surface area contributed by atoms with Gasteiger partial charge < -0.3 is 20.1 Å². The van der Waals surface area contributed by atoms with Crippen molar-refractivity contribution < 1.29 is 20.1 Å². The second kappa shape index (κ2) is 3.79. The van der Waals surface area contributed by atoms with Crippen LogP contribution in [0.2, 0.25) is 0 Å². The molecule has 0 spiro atoms. The molecule has 0 aromatic carbocycles. The SMILES string of the molecule is CC1=N[C@@H]2[C@@H](O)[C@H](O)[C@H](CO)O[C@H]2S1. The zero-order valence-electron chi connectivity index (χ0n) is 7.70. The zero-order chi connectivity index (χ0) is 10.3. The van der Waals surface area contributed by atoms with E-state index < -0.39 is 24.4 Å². The zero-order valence-corrected chi connectivity index (χ0v) is 8.52. The molecule has 5 atom stereocenters. The third kappa shape index (κ3) is 1.57. The predicted octanol–water partition coefficient (Wildman–Crippen LogP) is -1.04. The van der Waals surface area contributed by atoms with Crippen LogP contribution in [0.4, 0.5) is 0 Å². The summed E-state index contributed by atoms with van der Waals surface area (Å²) in [6.45, 7) is 1.54. The van der Waals surface area contributed by atoms with Crippen molar-refractivity contribution in [2.75, 3.05) is 6.61 Å². The van der Waals surface area contributed by atoms with Crippen molar-refractivity contribution in [2.45, 2.75) is 36.7 Å². The molecule has 0 aromatic heterocycles. The van der Waals surface area contributed by atoms with Gasteiger partial charge in [0.25, 0.3) is 0 Å².